The monoisotopic (exact) mass is 362 g/mol. The quantitative estimate of drug-likeness (QED) is 0.528. The van der Waals surface area contributed by atoms with Crippen molar-refractivity contribution in [3.63, 3.8) is 0 Å². The summed E-state index contributed by atoms with van der Waals surface area (Å²) in [5, 5.41) is 0. The summed E-state index contributed by atoms with van der Waals surface area (Å²) in [5.41, 5.74) is -0.492. The van der Waals surface area contributed by atoms with E-state index in [0.717, 1.165) is 24.0 Å². The highest BCUT2D eigenvalue weighted by atomic mass is 19.1. The zero-order valence-electron chi connectivity index (χ0n) is 15.2. The number of cyclic esters (lactones) is 1. The van der Waals surface area contributed by atoms with Crippen molar-refractivity contribution >= 4 is 5.97 Å². The third-order valence-electron chi connectivity index (χ3n) is 9.04. The van der Waals surface area contributed by atoms with Crippen LogP contribution in [0.4, 0.5) is 4.39 Å². The lowest BCUT2D eigenvalue weighted by Crippen LogP contribution is -2.68. The number of ether oxygens (including phenoxy) is 4. The summed E-state index contributed by atoms with van der Waals surface area (Å²) in [6.45, 7) is 6.66. The average molecular weight is 362 g/mol. The van der Waals surface area contributed by atoms with Gasteiger partial charge in [-0.15, -0.1) is 0 Å². The Hall–Kier alpha value is -0.980. The van der Waals surface area contributed by atoms with E-state index in [-0.39, 0.29) is 41.5 Å². The molecule has 7 aliphatic rings. The summed E-state index contributed by atoms with van der Waals surface area (Å²) in [6, 6.07) is 0. The number of epoxide rings is 3. The van der Waals surface area contributed by atoms with Gasteiger partial charge in [-0.3, -0.25) is 0 Å². The summed E-state index contributed by atoms with van der Waals surface area (Å²) in [7, 11) is 0. The first-order chi connectivity index (χ1) is 12.3. The Labute approximate surface area is 151 Å². The van der Waals surface area contributed by atoms with Gasteiger partial charge >= 0.3 is 5.97 Å². The van der Waals surface area contributed by atoms with Crippen LogP contribution < -0.4 is 0 Å². The van der Waals surface area contributed by atoms with E-state index in [1.807, 2.05) is 13.8 Å². The smallest absolute Gasteiger partial charge is 0.334 e. The molecule has 0 aromatic carbocycles. The highest BCUT2D eigenvalue weighted by Gasteiger charge is 3.00. The highest BCUT2D eigenvalue weighted by molar-refractivity contribution is 5.92. The molecule has 6 heteroatoms. The molecule has 26 heavy (non-hydrogen) atoms. The van der Waals surface area contributed by atoms with Gasteiger partial charge < -0.3 is 18.9 Å². The maximum atomic E-state index is 16.0. The number of fused-ring (bicyclic) bond motifs is 4. The maximum Gasteiger partial charge on any atom is 0.334 e. The van der Waals surface area contributed by atoms with Gasteiger partial charge in [0.2, 0.25) is 0 Å². The van der Waals surface area contributed by atoms with E-state index in [4.69, 9.17) is 18.9 Å². The predicted octanol–water partition coefficient (Wildman–Crippen LogP) is 2.08. The van der Waals surface area contributed by atoms with Crippen LogP contribution in [0.2, 0.25) is 0 Å². The van der Waals surface area contributed by atoms with Crippen LogP contribution in [-0.2, 0) is 23.7 Å². The SMILES string of the molecule is CC(C)[C@]12O[C@H]1[C@@H]1O[C@]13[C@]1(O[C@H]1C[C@H]1C4=C(CC[C@@]13C)C(=O)OC4)[C@H]2F. The Morgan fingerprint density at radius 3 is 2.77 bits per heavy atom. The number of halogens is 1. The molecule has 7 rings (SSSR count). The summed E-state index contributed by atoms with van der Waals surface area (Å²) in [5.74, 6) is 0.0922. The second-order valence-electron chi connectivity index (χ2n) is 9.87. The molecule has 3 aliphatic carbocycles. The summed E-state index contributed by atoms with van der Waals surface area (Å²) in [4.78, 5) is 12.1. The number of carbonyl (C=O) groups is 1. The van der Waals surface area contributed by atoms with E-state index in [1.54, 1.807) is 0 Å². The first-order valence-electron chi connectivity index (χ1n) is 9.91. The van der Waals surface area contributed by atoms with Crippen molar-refractivity contribution in [2.24, 2.45) is 17.3 Å². The largest absolute Gasteiger partial charge is 0.458 e. The topological polar surface area (TPSA) is 63.9 Å². The van der Waals surface area contributed by atoms with Crippen LogP contribution in [0.25, 0.3) is 0 Å². The minimum absolute atomic E-state index is 0.0881. The third kappa shape index (κ3) is 1.14. The standard InChI is InChI=1S/C20H23FO5/c1-8(2)18-13(25-18)14-20(26-14)17(3)5-4-9-10(7-23-15(9)22)11(17)6-12-19(20,24-12)16(18)21/h8,11-14,16H,4-7H2,1-3H3/t11-,12-,13-,14-,16-,17-,18-,19+,20+/m0/s1. The molecular weight excluding hydrogens is 339 g/mol. The molecule has 4 heterocycles. The Morgan fingerprint density at radius 2 is 2.00 bits per heavy atom. The van der Waals surface area contributed by atoms with E-state index >= 15 is 4.39 Å². The van der Waals surface area contributed by atoms with E-state index in [2.05, 4.69) is 6.92 Å². The Balaban J connectivity index is 1.39. The van der Waals surface area contributed by atoms with Gasteiger partial charge in [0.15, 0.2) is 11.8 Å². The molecule has 3 saturated heterocycles. The molecule has 2 spiro atoms. The van der Waals surface area contributed by atoms with Gasteiger partial charge in [-0.2, -0.15) is 0 Å². The third-order valence-corrected chi connectivity index (χ3v) is 9.04. The second-order valence-corrected chi connectivity index (χ2v) is 9.87. The molecule has 0 amide bonds. The van der Waals surface area contributed by atoms with Gasteiger partial charge in [-0.05, 0) is 36.7 Å². The molecule has 9 atom stereocenters. The molecule has 4 aliphatic heterocycles. The number of carbonyl (C=O) groups excluding carboxylic acids is 1. The van der Waals surface area contributed by atoms with Gasteiger partial charge in [0.05, 0.1) is 6.10 Å². The number of esters is 1. The van der Waals surface area contributed by atoms with Crippen LogP contribution in [-0.4, -0.2) is 53.9 Å². The lowest BCUT2D eigenvalue weighted by Gasteiger charge is -2.52. The minimum Gasteiger partial charge on any atom is -0.458 e. The van der Waals surface area contributed by atoms with Crippen LogP contribution in [0.3, 0.4) is 0 Å². The van der Waals surface area contributed by atoms with Gasteiger partial charge in [-0.25, -0.2) is 9.18 Å². The molecule has 0 bridgehead atoms. The van der Waals surface area contributed by atoms with E-state index < -0.39 is 23.0 Å². The molecular formula is C20H23FO5. The average Bonchev–Trinajstić information content (AvgIpc) is 3.47. The molecule has 0 aromatic rings. The van der Waals surface area contributed by atoms with Gasteiger partial charge in [0.1, 0.15) is 30.0 Å². The molecule has 140 valence electrons. The fourth-order valence-electron chi connectivity index (χ4n) is 7.63. The van der Waals surface area contributed by atoms with Crippen LogP contribution in [0.5, 0.6) is 0 Å². The highest BCUT2D eigenvalue weighted by Crippen LogP contribution is 2.83. The molecule has 0 radical (unpaired) electrons. The van der Waals surface area contributed by atoms with Crippen molar-refractivity contribution in [2.45, 2.75) is 81.3 Å². The molecule has 2 saturated carbocycles. The minimum atomic E-state index is -1.15. The van der Waals surface area contributed by atoms with Crippen LogP contribution in [0.15, 0.2) is 11.1 Å². The maximum absolute atomic E-state index is 16.0. The number of rotatable bonds is 1. The predicted molar refractivity (Wildman–Crippen MR) is 86.0 cm³/mol. The fraction of sp³-hybridized carbons (Fsp3) is 0.850. The second kappa shape index (κ2) is 3.78. The Morgan fingerprint density at radius 1 is 1.19 bits per heavy atom. The van der Waals surface area contributed by atoms with Gasteiger partial charge in [0, 0.05) is 11.0 Å². The first-order valence-corrected chi connectivity index (χ1v) is 9.91. The van der Waals surface area contributed by atoms with E-state index in [1.165, 1.54) is 0 Å². The summed E-state index contributed by atoms with van der Waals surface area (Å²) >= 11 is 0. The van der Waals surface area contributed by atoms with Crippen molar-refractivity contribution in [3.8, 4) is 0 Å². The Kier molecular flexibility index (Phi) is 2.18. The van der Waals surface area contributed by atoms with Gasteiger partial charge in [0.25, 0.3) is 0 Å². The van der Waals surface area contributed by atoms with Crippen LogP contribution in [0.1, 0.15) is 40.0 Å². The lowest BCUT2D eigenvalue weighted by atomic mass is 9.47. The summed E-state index contributed by atoms with van der Waals surface area (Å²) in [6.07, 6.45) is 0.701. The first kappa shape index (κ1) is 15.0. The molecule has 5 nitrogen and oxygen atoms in total. The lowest BCUT2D eigenvalue weighted by molar-refractivity contribution is -0.136. The van der Waals surface area contributed by atoms with E-state index in [9.17, 15) is 4.79 Å². The Bertz CT molecular complexity index is 823. The van der Waals surface area contributed by atoms with Gasteiger partial charge in [-0.1, -0.05) is 20.8 Å². The van der Waals surface area contributed by atoms with Crippen molar-refractivity contribution in [2.75, 3.05) is 6.61 Å². The number of hydrogen-bond acceptors (Lipinski definition) is 5. The zero-order chi connectivity index (χ0) is 17.9. The van der Waals surface area contributed by atoms with Crippen molar-refractivity contribution < 1.29 is 28.1 Å². The number of hydrogen-bond donors (Lipinski definition) is 0. The fourth-order valence-corrected chi connectivity index (χ4v) is 7.63. The van der Waals surface area contributed by atoms with Crippen molar-refractivity contribution in [3.05, 3.63) is 11.1 Å². The molecule has 0 N–H and O–H groups in total. The molecule has 0 aromatic heterocycles. The normalized spacial score (nSPS) is 63.1. The van der Waals surface area contributed by atoms with E-state index in [0.29, 0.717) is 13.0 Å². The molecule has 5 fully saturated rings. The zero-order valence-corrected chi connectivity index (χ0v) is 15.2. The van der Waals surface area contributed by atoms with Crippen LogP contribution in [0, 0.1) is 17.3 Å². The number of alkyl halides is 1. The van der Waals surface area contributed by atoms with Crippen LogP contribution >= 0.6 is 0 Å². The van der Waals surface area contributed by atoms with Crippen molar-refractivity contribution in [1.82, 2.24) is 0 Å². The summed E-state index contributed by atoms with van der Waals surface area (Å²) < 4.78 is 40.0. The molecule has 0 unspecified atom stereocenters. The van der Waals surface area contributed by atoms with Crippen molar-refractivity contribution in [1.29, 1.82) is 0 Å².